The number of rotatable bonds is 12. The molecule has 3 atom stereocenters. The summed E-state index contributed by atoms with van der Waals surface area (Å²) in [5.41, 5.74) is 8.34. The van der Waals surface area contributed by atoms with Crippen molar-refractivity contribution in [2.75, 3.05) is 51.8 Å². The van der Waals surface area contributed by atoms with Crippen molar-refractivity contribution in [2.24, 2.45) is 22.5 Å². The van der Waals surface area contributed by atoms with Crippen LogP contribution in [0.4, 0.5) is 0 Å². The Morgan fingerprint density at radius 1 is 1.25 bits per heavy atom. The van der Waals surface area contributed by atoms with E-state index in [2.05, 4.69) is 68.4 Å². The summed E-state index contributed by atoms with van der Waals surface area (Å²) in [6.45, 7) is 28.5. The molecule has 8 nitrogen and oxygen atoms in total. The van der Waals surface area contributed by atoms with Crippen LogP contribution in [0, 0.1) is 16.7 Å². The van der Waals surface area contributed by atoms with E-state index in [1.807, 2.05) is 19.9 Å². The van der Waals surface area contributed by atoms with Crippen LogP contribution in [0.1, 0.15) is 74.1 Å². The lowest BCUT2D eigenvalue weighted by Gasteiger charge is -2.43. The van der Waals surface area contributed by atoms with Gasteiger partial charge in [0, 0.05) is 50.6 Å². The Labute approximate surface area is 250 Å². The second kappa shape index (κ2) is 18.3. The Bertz CT molecular complexity index is 928. The van der Waals surface area contributed by atoms with Gasteiger partial charge >= 0.3 is 0 Å². The topological polar surface area (TPSA) is 105 Å². The molecule has 2 unspecified atom stereocenters. The number of nitrogens with two attached hydrogens (primary N) is 1. The molecule has 0 radical (unpaired) electrons. The second-order valence-corrected chi connectivity index (χ2v) is 14.4. The summed E-state index contributed by atoms with van der Waals surface area (Å²) in [6, 6.07) is -0.732. The fourth-order valence-corrected chi connectivity index (χ4v) is 6.62. The van der Waals surface area contributed by atoms with Crippen LogP contribution in [0.2, 0.25) is 0 Å². The molecule has 1 saturated carbocycles. The number of hydrogen-bond donors (Lipinski definition) is 2. The lowest BCUT2D eigenvalue weighted by atomic mass is 9.64. The average Bonchev–Trinajstić information content (AvgIpc) is 3.15. The van der Waals surface area contributed by atoms with Crippen LogP contribution in [0.5, 0.6) is 0 Å². The molecule has 0 spiro atoms. The summed E-state index contributed by atoms with van der Waals surface area (Å²) in [7, 11) is -1.56. The lowest BCUT2D eigenvalue weighted by molar-refractivity contribution is -0.121. The summed E-state index contributed by atoms with van der Waals surface area (Å²) in [6.07, 6.45) is 9.01. The van der Waals surface area contributed by atoms with Crippen LogP contribution in [-0.2, 0) is 18.8 Å². The Hall–Kier alpha value is -1.33. The molecule has 1 aliphatic carbocycles. The summed E-state index contributed by atoms with van der Waals surface area (Å²) >= 11 is 1.58. The Morgan fingerprint density at radius 2 is 1.82 bits per heavy atom. The molecule has 0 aromatic carbocycles. The second-order valence-electron chi connectivity index (χ2n) is 11.3. The molecule has 0 aromatic heterocycles. The number of nitrogens with one attached hydrogen (secondary N) is 1. The minimum Gasteiger partial charge on any atom is -0.369 e. The third-order valence-corrected chi connectivity index (χ3v) is 10.3. The zero-order chi connectivity index (χ0) is 31.1. The van der Waals surface area contributed by atoms with Gasteiger partial charge in [0.1, 0.15) is 9.84 Å². The van der Waals surface area contributed by atoms with Crippen molar-refractivity contribution in [3.8, 4) is 0 Å². The standard InChI is InChI=1S/C22H38N2OS.C6H14N2O3S.C2H6/c1-8-10-20(18(3)4)23-13-15-24(16-14-23)26-25-17-22(9-2)12-11-19(5)21(22,6)7;1-8-6(9)5(7)3-4-12(2,10)11;1-2/h8,10,19H,1,3,9,11-17H2,2,4-7H3;5H,3-4,7H2,1-2H3,(H,8,9);1-2H3/b20-10+;;/t;5-;/m.0./s1. The quantitative estimate of drug-likeness (QED) is 0.178. The van der Waals surface area contributed by atoms with Crippen LogP contribution in [0.25, 0.3) is 0 Å². The maximum absolute atomic E-state index is 10.8. The molecule has 10 heteroatoms. The Balaban J connectivity index is 0.000000916. The first kappa shape index (κ1) is 38.7. The van der Waals surface area contributed by atoms with Gasteiger partial charge in [0.15, 0.2) is 0 Å². The molecule has 0 bridgehead atoms. The van der Waals surface area contributed by atoms with Crippen molar-refractivity contribution in [1.29, 1.82) is 0 Å². The molecular formula is C30H58N4O4S2. The predicted molar refractivity (Wildman–Crippen MR) is 172 cm³/mol. The van der Waals surface area contributed by atoms with Gasteiger partial charge in [-0.15, -0.1) is 0 Å². The van der Waals surface area contributed by atoms with Crippen molar-refractivity contribution < 1.29 is 17.4 Å². The predicted octanol–water partition coefficient (Wildman–Crippen LogP) is 5.20. The van der Waals surface area contributed by atoms with Crippen molar-refractivity contribution >= 4 is 28.0 Å². The number of amides is 1. The number of likely N-dealkylation sites (N-methyl/N-ethyl adjacent to an activating group) is 1. The third kappa shape index (κ3) is 11.9. The molecule has 2 aliphatic rings. The van der Waals surface area contributed by atoms with Gasteiger partial charge in [-0.05, 0) is 55.6 Å². The van der Waals surface area contributed by atoms with Gasteiger partial charge in [0.2, 0.25) is 5.91 Å². The van der Waals surface area contributed by atoms with E-state index in [-0.39, 0.29) is 18.1 Å². The molecule has 0 aromatic rings. The number of hydrogen-bond acceptors (Lipinski definition) is 8. The highest BCUT2D eigenvalue weighted by Crippen LogP contribution is 2.58. The van der Waals surface area contributed by atoms with Crippen LogP contribution >= 0.6 is 12.2 Å². The smallest absolute Gasteiger partial charge is 0.236 e. The minimum atomic E-state index is -3.02. The van der Waals surface area contributed by atoms with E-state index < -0.39 is 15.9 Å². The number of carbonyl (C=O) groups is 1. The summed E-state index contributed by atoms with van der Waals surface area (Å²) in [5.74, 6) is 0.386. The Kier molecular flexibility index (Phi) is 17.7. The zero-order valence-corrected chi connectivity index (χ0v) is 28.3. The summed E-state index contributed by atoms with van der Waals surface area (Å²) in [5, 5.41) is 2.34. The molecule has 1 saturated heterocycles. The van der Waals surface area contributed by atoms with E-state index in [1.54, 1.807) is 12.2 Å². The van der Waals surface area contributed by atoms with E-state index in [4.69, 9.17) is 9.92 Å². The first-order valence-electron chi connectivity index (χ1n) is 14.6. The average molecular weight is 603 g/mol. The SMILES string of the molecule is C=C/C=C(\C(=C)C)N1CCN(SOCC2(CC)CCC(C)C2(C)C)CC1.CC.CNC(=O)[C@@H](N)CCS(C)(=O)=O. The molecule has 2 fully saturated rings. The molecular weight excluding hydrogens is 544 g/mol. The zero-order valence-electron chi connectivity index (χ0n) is 26.7. The van der Waals surface area contributed by atoms with Gasteiger partial charge in [-0.3, -0.25) is 4.79 Å². The highest BCUT2D eigenvalue weighted by molar-refractivity contribution is 7.92. The lowest BCUT2D eigenvalue weighted by Crippen LogP contribution is -2.43. The first-order chi connectivity index (χ1) is 18.6. The maximum atomic E-state index is 10.8. The monoisotopic (exact) mass is 602 g/mol. The van der Waals surface area contributed by atoms with E-state index in [0.717, 1.165) is 50.5 Å². The highest BCUT2D eigenvalue weighted by atomic mass is 32.2. The molecule has 40 heavy (non-hydrogen) atoms. The van der Waals surface area contributed by atoms with Crippen LogP contribution in [-0.4, -0.2) is 81.4 Å². The van der Waals surface area contributed by atoms with Crippen LogP contribution in [0.15, 0.2) is 36.6 Å². The molecule has 1 heterocycles. The van der Waals surface area contributed by atoms with Gasteiger partial charge in [0.25, 0.3) is 0 Å². The van der Waals surface area contributed by atoms with Crippen molar-refractivity contribution in [1.82, 2.24) is 14.5 Å². The van der Waals surface area contributed by atoms with E-state index in [9.17, 15) is 13.2 Å². The van der Waals surface area contributed by atoms with Crippen LogP contribution in [0.3, 0.4) is 0 Å². The number of piperazine rings is 1. The normalized spacial score (nSPS) is 23.7. The number of nitrogens with zero attached hydrogens (tertiary/aromatic N) is 2. The van der Waals surface area contributed by atoms with E-state index in [1.165, 1.54) is 32.0 Å². The molecule has 1 amide bonds. The molecule has 1 aliphatic heterocycles. The number of sulfone groups is 1. The van der Waals surface area contributed by atoms with Gasteiger partial charge in [-0.25, -0.2) is 12.7 Å². The number of carbonyl (C=O) groups excluding carboxylic acids is 1. The number of allylic oxidation sites excluding steroid dienone is 3. The maximum Gasteiger partial charge on any atom is 0.236 e. The highest BCUT2D eigenvalue weighted by Gasteiger charge is 2.51. The van der Waals surface area contributed by atoms with Crippen molar-refractivity contribution in [3.63, 3.8) is 0 Å². The fraction of sp³-hybridized carbons (Fsp3) is 0.767. The largest absolute Gasteiger partial charge is 0.369 e. The van der Waals surface area contributed by atoms with Gasteiger partial charge in [0.05, 0.1) is 30.6 Å². The molecule has 234 valence electrons. The summed E-state index contributed by atoms with van der Waals surface area (Å²) in [4.78, 5) is 13.2. The van der Waals surface area contributed by atoms with Gasteiger partial charge in [-0.1, -0.05) is 60.8 Å². The third-order valence-electron chi connectivity index (χ3n) is 8.50. The van der Waals surface area contributed by atoms with Crippen LogP contribution < -0.4 is 11.1 Å². The Morgan fingerprint density at radius 3 is 2.23 bits per heavy atom. The van der Waals surface area contributed by atoms with Crippen molar-refractivity contribution in [3.05, 3.63) is 36.6 Å². The minimum absolute atomic E-state index is 0.0540. The van der Waals surface area contributed by atoms with Gasteiger partial charge < -0.3 is 20.1 Å². The molecule has 2 rings (SSSR count). The molecule has 3 N–H and O–H groups in total. The summed E-state index contributed by atoms with van der Waals surface area (Å²) < 4.78 is 29.9. The van der Waals surface area contributed by atoms with Crippen molar-refractivity contribution in [2.45, 2.75) is 80.2 Å². The van der Waals surface area contributed by atoms with E-state index >= 15 is 0 Å². The fourth-order valence-electron chi connectivity index (χ4n) is 5.20. The first-order valence-corrected chi connectivity index (χ1v) is 17.3. The van der Waals surface area contributed by atoms with Gasteiger partial charge in [-0.2, -0.15) is 0 Å². The van der Waals surface area contributed by atoms with E-state index in [0.29, 0.717) is 10.8 Å².